The average molecular weight is 358 g/mol. The van der Waals surface area contributed by atoms with Crippen molar-refractivity contribution in [1.82, 2.24) is 20.0 Å². The van der Waals surface area contributed by atoms with Crippen LogP contribution in [0.25, 0.3) is 0 Å². The molecular formula is C19H26N4O3. The van der Waals surface area contributed by atoms with E-state index in [-0.39, 0.29) is 29.7 Å². The molecule has 3 heterocycles. The van der Waals surface area contributed by atoms with E-state index in [0.29, 0.717) is 18.7 Å². The molecule has 2 aromatic rings. The summed E-state index contributed by atoms with van der Waals surface area (Å²) in [6, 6.07) is 1.75. The lowest BCUT2D eigenvalue weighted by atomic mass is 9.85. The summed E-state index contributed by atoms with van der Waals surface area (Å²) < 4.78 is 7.12. The summed E-state index contributed by atoms with van der Waals surface area (Å²) in [6.45, 7) is 4.54. The van der Waals surface area contributed by atoms with Crippen molar-refractivity contribution in [3.8, 4) is 0 Å². The van der Waals surface area contributed by atoms with Gasteiger partial charge in [-0.25, -0.2) is 0 Å². The summed E-state index contributed by atoms with van der Waals surface area (Å²) in [6.07, 6.45) is 6.50. The molecule has 140 valence electrons. The van der Waals surface area contributed by atoms with Gasteiger partial charge in [-0.15, -0.1) is 0 Å². The van der Waals surface area contributed by atoms with Gasteiger partial charge in [-0.1, -0.05) is 13.8 Å². The lowest BCUT2D eigenvalue weighted by molar-refractivity contribution is -0.137. The first-order chi connectivity index (χ1) is 12.4. The Morgan fingerprint density at radius 2 is 2.19 bits per heavy atom. The molecule has 1 N–H and O–H groups in total. The molecule has 1 aliphatic rings. The molecule has 0 bridgehead atoms. The summed E-state index contributed by atoms with van der Waals surface area (Å²) in [4.78, 5) is 26.5. The molecule has 2 aromatic heterocycles. The third-order valence-corrected chi connectivity index (χ3v) is 5.10. The highest BCUT2D eigenvalue weighted by Gasteiger charge is 2.35. The van der Waals surface area contributed by atoms with Crippen LogP contribution in [0.15, 0.2) is 29.1 Å². The van der Waals surface area contributed by atoms with Crippen molar-refractivity contribution in [1.29, 1.82) is 0 Å². The van der Waals surface area contributed by atoms with E-state index in [4.69, 9.17) is 4.42 Å². The summed E-state index contributed by atoms with van der Waals surface area (Å²) in [5, 5.41) is 7.22. The van der Waals surface area contributed by atoms with Crippen molar-refractivity contribution in [2.45, 2.75) is 38.6 Å². The second-order valence-electron chi connectivity index (χ2n) is 7.27. The Kier molecular flexibility index (Phi) is 5.15. The number of aryl methyl sites for hydroxylation is 1. The van der Waals surface area contributed by atoms with Crippen LogP contribution in [0.5, 0.6) is 0 Å². The molecule has 0 aromatic carbocycles. The Morgan fingerprint density at radius 3 is 2.85 bits per heavy atom. The van der Waals surface area contributed by atoms with Crippen molar-refractivity contribution < 1.29 is 14.0 Å². The van der Waals surface area contributed by atoms with Crippen molar-refractivity contribution >= 4 is 11.8 Å². The highest BCUT2D eigenvalue weighted by atomic mass is 16.3. The average Bonchev–Trinajstić information content (AvgIpc) is 3.24. The van der Waals surface area contributed by atoms with E-state index < -0.39 is 0 Å². The quantitative estimate of drug-likeness (QED) is 0.890. The number of rotatable bonds is 5. The van der Waals surface area contributed by atoms with Gasteiger partial charge in [-0.05, 0) is 18.4 Å². The largest absolute Gasteiger partial charge is 0.459 e. The van der Waals surface area contributed by atoms with Gasteiger partial charge < -0.3 is 14.6 Å². The fourth-order valence-corrected chi connectivity index (χ4v) is 3.68. The van der Waals surface area contributed by atoms with Gasteiger partial charge in [-0.3, -0.25) is 14.3 Å². The normalized spacial score (nSPS) is 20.7. The molecule has 1 saturated heterocycles. The SMILES string of the molecule is CC(C)c1ccoc1C(=O)NC[C@H]1CCC(=O)N(C)[C@@H]1c1cnn(C)c1. The van der Waals surface area contributed by atoms with E-state index in [1.165, 1.54) is 0 Å². The Bertz CT molecular complexity index is 792. The van der Waals surface area contributed by atoms with Gasteiger partial charge in [0.05, 0.1) is 18.5 Å². The fraction of sp³-hybridized carbons (Fsp3) is 0.526. The first-order valence-corrected chi connectivity index (χ1v) is 8.98. The zero-order valence-corrected chi connectivity index (χ0v) is 15.7. The predicted octanol–water partition coefficient (Wildman–Crippen LogP) is 2.48. The highest BCUT2D eigenvalue weighted by molar-refractivity contribution is 5.93. The Hall–Kier alpha value is -2.57. The first kappa shape index (κ1) is 18.2. The summed E-state index contributed by atoms with van der Waals surface area (Å²) >= 11 is 0. The number of aromatic nitrogens is 2. The minimum Gasteiger partial charge on any atom is -0.459 e. The van der Waals surface area contributed by atoms with Crippen LogP contribution in [0.2, 0.25) is 0 Å². The lowest BCUT2D eigenvalue weighted by Crippen LogP contribution is -2.44. The van der Waals surface area contributed by atoms with E-state index >= 15 is 0 Å². The predicted molar refractivity (Wildman–Crippen MR) is 96.6 cm³/mol. The van der Waals surface area contributed by atoms with Crippen molar-refractivity contribution in [3.05, 3.63) is 41.6 Å². The van der Waals surface area contributed by atoms with Crippen LogP contribution in [-0.2, 0) is 11.8 Å². The molecule has 3 rings (SSSR count). The minimum absolute atomic E-state index is 0.0913. The second-order valence-corrected chi connectivity index (χ2v) is 7.27. The molecule has 7 heteroatoms. The number of amides is 2. The molecule has 2 amide bonds. The van der Waals surface area contributed by atoms with E-state index in [9.17, 15) is 9.59 Å². The molecule has 0 aliphatic carbocycles. The molecule has 0 saturated carbocycles. The van der Waals surface area contributed by atoms with E-state index in [1.54, 1.807) is 22.0 Å². The number of nitrogens with zero attached hydrogens (tertiary/aromatic N) is 3. The molecule has 7 nitrogen and oxygen atoms in total. The smallest absolute Gasteiger partial charge is 0.287 e. The Labute approximate surface area is 153 Å². The molecule has 0 spiro atoms. The van der Waals surface area contributed by atoms with Gasteiger partial charge in [-0.2, -0.15) is 5.10 Å². The molecule has 1 fully saturated rings. The van der Waals surface area contributed by atoms with Crippen molar-refractivity contribution in [2.24, 2.45) is 13.0 Å². The lowest BCUT2D eigenvalue weighted by Gasteiger charge is -2.38. The number of piperidine rings is 1. The number of hydrogen-bond acceptors (Lipinski definition) is 4. The number of furan rings is 1. The number of carbonyl (C=O) groups excluding carboxylic acids is 2. The van der Waals surface area contributed by atoms with Crippen LogP contribution in [0.3, 0.4) is 0 Å². The topological polar surface area (TPSA) is 80.4 Å². The van der Waals surface area contributed by atoms with Crippen LogP contribution in [0.4, 0.5) is 0 Å². The monoisotopic (exact) mass is 358 g/mol. The van der Waals surface area contributed by atoms with E-state index in [0.717, 1.165) is 17.5 Å². The van der Waals surface area contributed by atoms with Gasteiger partial charge in [0, 0.05) is 50.3 Å². The van der Waals surface area contributed by atoms with Crippen LogP contribution >= 0.6 is 0 Å². The van der Waals surface area contributed by atoms with Gasteiger partial charge in [0.15, 0.2) is 5.76 Å². The maximum atomic E-state index is 12.6. The summed E-state index contributed by atoms with van der Waals surface area (Å²) in [5.74, 6) is 0.635. The third kappa shape index (κ3) is 3.52. The van der Waals surface area contributed by atoms with Gasteiger partial charge in [0.25, 0.3) is 5.91 Å². The molecular weight excluding hydrogens is 332 g/mol. The highest BCUT2D eigenvalue weighted by Crippen LogP contribution is 2.35. The molecule has 1 aliphatic heterocycles. The number of hydrogen-bond donors (Lipinski definition) is 1. The molecule has 0 radical (unpaired) electrons. The van der Waals surface area contributed by atoms with Crippen LogP contribution in [0, 0.1) is 5.92 Å². The second kappa shape index (κ2) is 7.35. The maximum Gasteiger partial charge on any atom is 0.287 e. The fourth-order valence-electron chi connectivity index (χ4n) is 3.68. The van der Waals surface area contributed by atoms with Crippen LogP contribution < -0.4 is 5.32 Å². The van der Waals surface area contributed by atoms with E-state index in [1.807, 2.05) is 40.2 Å². The molecule has 26 heavy (non-hydrogen) atoms. The minimum atomic E-state index is -0.205. The van der Waals surface area contributed by atoms with Crippen molar-refractivity contribution in [3.63, 3.8) is 0 Å². The number of carbonyl (C=O) groups is 2. The van der Waals surface area contributed by atoms with Crippen LogP contribution in [-0.4, -0.2) is 40.1 Å². The van der Waals surface area contributed by atoms with Gasteiger partial charge >= 0.3 is 0 Å². The molecule has 2 atom stereocenters. The number of nitrogens with one attached hydrogen (secondary N) is 1. The Morgan fingerprint density at radius 1 is 1.42 bits per heavy atom. The Balaban J connectivity index is 1.73. The third-order valence-electron chi connectivity index (χ3n) is 5.10. The number of likely N-dealkylation sites (tertiary alicyclic amines) is 1. The van der Waals surface area contributed by atoms with E-state index in [2.05, 4.69) is 10.4 Å². The van der Waals surface area contributed by atoms with Gasteiger partial charge in [0.2, 0.25) is 5.91 Å². The van der Waals surface area contributed by atoms with Gasteiger partial charge in [0.1, 0.15) is 0 Å². The molecule has 0 unspecified atom stereocenters. The zero-order chi connectivity index (χ0) is 18.8. The summed E-state index contributed by atoms with van der Waals surface area (Å²) in [7, 11) is 3.67. The van der Waals surface area contributed by atoms with Crippen molar-refractivity contribution in [2.75, 3.05) is 13.6 Å². The maximum absolute atomic E-state index is 12.6. The van der Waals surface area contributed by atoms with Crippen LogP contribution in [0.1, 0.15) is 60.3 Å². The summed E-state index contributed by atoms with van der Waals surface area (Å²) in [5.41, 5.74) is 1.89. The standard InChI is InChI=1S/C19H26N4O3/c1-12(2)15-7-8-26-18(15)19(25)20-9-13-5-6-16(24)23(4)17(13)14-10-21-22(3)11-14/h7-8,10-13,17H,5-6,9H2,1-4H3,(H,20,25)/t13-,17+/m1/s1. The zero-order valence-electron chi connectivity index (χ0n) is 15.7. The first-order valence-electron chi connectivity index (χ1n) is 8.98.